The predicted molar refractivity (Wildman–Crippen MR) is 142 cm³/mol. The van der Waals surface area contributed by atoms with Gasteiger partial charge in [-0.15, -0.1) is 0 Å². The zero-order valence-electron chi connectivity index (χ0n) is 21.7. The summed E-state index contributed by atoms with van der Waals surface area (Å²) in [7, 11) is 8.07. The van der Waals surface area contributed by atoms with E-state index >= 15 is 0 Å². The van der Waals surface area contributed by atoms with Gasteiger partial charge in [0.2, 0.25) is 5.43 Å². The fraction of sp³-hybridized carbons (Fsp3) is 0.385. The van der Waals surface area contributed by atoms with Crippen LogP contribution in [-0.2, 0) is 22.3 Å². The molecule has 1 aliphatic carbocycles. The van der Waals surface area contributed by atoms with Gasteiger partial charge in [0.25, 0.3) is 0 Å². The quantitative estimate of drug-likeness (QED) is 0.343. The Kier molecular flexibility index (Phi) is 13.4. The molecule has 0 aliphatic heterocycles. The number of methoxy groups -OCH3 is 3. The number of carbonyl (C=O) groups excluding carboxylic acids is 1. The van der Waals surface area contributed by atoms with Gasteiger partial charge < -0.3 is 29.7 Å². The lowest BCUT2D eigenvalue weighted by molar-refractivity contribution is 0.182. The Balaban J connectivity index is 0.000000391. The first-order valence-electron chi connectivity index (χ1n) is 11.1. The number of aryl methyl sites for hydroxylation is 2. The fourth-order valence-corrected chi connectivity index (χ4v) is 3.79. The second kappa shape index (κ2) is 15.7. The highest BCUT2D eigenvalue weighted by molar-refractivity contribution is 6.61. The van der Waals surface area contributed by atoms with E-state index in [0.717, 1.165) is 41.7 Å². The molecule has 10 heteroatoms. The van der Waals surface area contributed by atoms with Gasteiger partial charge >= 0.3 is 5.43 Å². The normalized spacial score (nSPS) is 11.7. The van der Waals surface area contributed by atoms with Gasteiger partial charge in [-0.2, -0.15) is 0 Å². The number of nitrogens with two attached hydrogens (primary N) is 2. The Hall–Kier alpha value is -3.27. The van der Waals surface area contributed by atoms with E-state index in [2.05, 4.69) is 22.5 Å². The Morgan fingerprint density at radius 2 is 1.64 bits per heavy atom. The lowest BCUT2D eigenvalue weighted by atomic mass is 9.93. The third-order valence-electron chi connectivity index (χ3n) is 5.12. The largest absolute Gasteiger partial charge is 0.496 e. The van der Waals surface area contributed by atoms with Crippen LogP contribution in [-0.4, -0.2) is 52.5 Å². The maximum absolute atomic E-state index is 12.2. The van der Waals surface area contributed by atoms with Crippen molar-refractivity contribution < 1.29 is 23.7 Å². The second-order valence-corrected chi connectivity index (χ2v) is 8.24. The van der Waals surface area contributed by atoms with Crippen molar-refractivity contribution in [2.75, 3.05) is 42.1 Å². The Morgan fingerprint density at radius 3 is 2.19 bits per heavy atom. The van der Waals surface area contributed by atoms with Gasteiger partial charge in [0.1, 0.15) is 12.4 Å². The van der Waals surface area contributed by atoms with Crippen molar-refractivity contribution in [1.82, 2.24) is 5.01 Å². The van der Waals surface area contributed by atoms with Crippen LogP contribution in [0.3, 0.4) is 0 Å². The Bertz CT molecular complexity index is 1110. The van der Waals surface area contributed by atoms with Gasteiger partial charge in [0.15, 0.2) is 5.75 Å². The zero-order chi connectivity index (χ0) is 27.3. The Morgan fingerprint density at radius 1 is 1.06 bits per heavy atom. The van der Waals surface area contributed by atoms with Crippen LogP contribution in [0.25, 0.3) is 11.1 Å². The highest BCUT2D eigenvalue weighted by Gasteiger charge is 2.19. The summed E-state index contributed by atoms with van der Waals surface area (Å²) in [5.41, 5.74) is 10.5. The van der Waals surface area contributed by atoms with E-state index in [1.54, 1.807) is 40.5 Å². The third-order valence-corrected chi connectivity index (χ3v) is 5.23. The standard InChI is InChI=1S/C19H20O3.C5H10ClN3O2.C2H6O/c1-12-17(21-2)9-7-13-5-4-6-14-11-16(20)18(22-3)10-8-15(14)19(12)13;1-9(8)2-4(7)3-11-5(6)10;1-3-2/h7-11H,4-6H2,1-3H3;2H,3,7-8H2,1H3;1-2H3/b;4-2-;. The average molecular weight is 522 g/mol. The predicted octanol–water partition coefficient (Wildman–Crippen LogP) is 3.76. The number of nitrogens with zero attached hydrogens (tertiary/aromatic N) is 1. The van der Waals surface area contributed by atoms with Crippen LogP contribution < -0.4 is 26.5 Å². The molecule has 9 nitrogen and oxygen atoms in total. The highest BCUT2D eigenvalue weighted by atomic mass is 35.5. The van der Waals surface area contributed by atoms with E-state index < -0.39 is 5.43 Å². The van der Waals surface area contributed by atoms with Crippen molar-refractivity contribution in [2.45, 2.75) is 26.2 Å². The molecule has 0 atom stereocenters. The summed E-state index contributed by atoms with van der Waals surface area (Å²) in [6.45, 7) is 2.03. The summed E-state index contributed by atoms with van der Waals surface area (Å²) < 4.78 is 19.3. The molecule has 0 amide bonds. The Labute approximate surface area is 217 Å². The molecule has 36 heavy (non-hydrogen) atoms. The lowest BCUT2D eigenvalue weighted by Gasteiger charge is -2.14. The molecule has 4 N–H and O–H groups in total. The molecule has 0 spiro atoms. The minimum atomic E-state index is -0.888. The number of hydrazine groups is 1. The molecule has 0 aromatic heterocycles. The average Bonchev–Trinajstić information content (AvgIpc) is 3.08. The maximum Gasteiger partial charge on any atom is 0.404 e. The number of rotatable bonds is 5. The first kappa shape index (κ1) is 30.8. The molecule has 0 heterocycles. The number of hydrogen-bond acceptors (Lipinski definition) is 9. The summed E-state index contributed by atoms with van der Waals surface area (Å²) in [4.78, 5) is 22.3. The van der Waals surface area contributed by atoms with Gasteiger partial charge in [-0.25, -0.2) is 10.6 Å². The molecule has 0 radical (unpaired) electrons. The number of ether oxygens (including phenoxy) is 4. The van der Waals surface area contributed by atoms with Crippen LogP contribution in [0.2, 0.25) is 0 Å². The summed E-state index contributed by atoms with van der Waals surface area (Å²) in [6.07, 6.45) is 4.38. The van der Waals surface area contributed by atoms with E-state index in [1.165, 1.54) is 29.4 Å². The zero-order valence-corrected chi connectivity index (χ0v) is 22.5. The van der Waals surface area contributed by atoms with Crippen LogP contribution in [0, 0.1) is 6.92 Å². The lowest BCUT2D eigenvalue weighted by Crippen LogP contribution is -2.22. The molecule has 0 unspecified atom stereocenters. The van der Waals surface area contributed by atoms with Crippen molar-refractivity contribution in [1.29, 1.82) is 0 Å². The molecule has 0 bridgehead atoms. The van der Waals surface area contributed by atoms with E-state index in [-0.39, 0.29) is 12.0 Å². The smallest absolute Gasteiger partial charge is 0.404 e. The summed E-state index contributed by atoms with van der Waals surface area (Å²) in [6, 6.07) is 9.67. The number of benzene rings is 1. The van der Waals surface area contributed by atoms with Crippen LogP contribution in [0.5, 0.6) is 11.5 Å². The van der Waals surface area contributed by atoms with Gasteiger partial charge in [0, 0.05) is 39.1 Å². The monoisotopic (exact) mass is 521 g/mol. The third kappa shape index (κ3) is 9.41. The van der Waals surface area contributed by atoms with Gasteiger partial charge in [-0.3, -0.25) is 4.79 Å². The summed E-state index contributed by atoms with van der Waals surface area (Å²) in [5, 5.41) is 1.25. The first-order chi connectivity index (χ1) is 17.1. The first-order valence-corrected chi connectivity index (χ1v) is 11.5. The maximum atomic E-state index is 12.2. The van der Waals surface area contributed by atoms with E-state index in [4.69, 9.17) is 32.7 Å². The molecule has 3 rings (SSSR count). The van der Waals surface area contributed by atoms with Crippen LogP contribution in [0.15, 0.2) is 47.0 Å². The van der Waals surface area contributed by atoms with Gasteiger partial charge in [-0.1, -0.05) is 12.1 Å². The summed E-state index contributed by atoms with van der Waals surface area (Å²) >= 11 is 4.87. The van der Waals surface area contributed by atoms with E-state index in [9.17, 15) is 9.59 Å². The molecule has 2 aromatic carbocycles. The number of hydrogen-bond donors (Lipinski definition) is 2. The van der Waals surface area contributed by atoms with Crippen molar-refractivity contribution in [3.8, 4) is 22.6 Å². The molecule has 0 fully saturated rings. The van der Waals surface area contributed by atoms with E-state index in [1.807, 2.05) is 12.1 Å². The second-order valence-electron chi connectivity index (χ2n) is 7.93. The number of halogens is 1. The summed E-state index contributed by atoms with van der Waals surface area (Å²) in [5.74, 6) is 6.47. The minimum absolute atomic E-state index is 0.0517. The topological polar surface area (TPSA) is 126 Å². The van der Waals surface area contributed by atoms with Crippen molar-refractivity contribution in [2.24, 2.45) is 11.6 Å². The van der Waals surface area contributed by atoms with Crippen LogP contribution in [0.1, 0.15) is 23.1 Å². The molecule has 0 saturated carbocycles. The SMILES string of the molecule is CN(N)/C=C(\N)COC(=O)Cl.COC.COc1ccc2c(c1C)-c1ccc(OC)c(=O)cc1CCC2. The van der Waals surface area contributed by atoms with Gasteiger partial charge in [0.05, 0.1) is 19.9 Å². The minimum Gasteiger partial charge on any atom is -0.496 e. The fourth-order valence-electron chi connectivity index (χ4n) is 3.74. The van der Waals surface area contributed by atoms with E-state index in [0.29, 0.717) is 11.4 Å². The molecule has 198 valence electrons. The van der Waals surface area contributed by atoms with Crippen molar-refractivity contribution >= 4 is 17.0 Å². The molecular weight excluding hydrogens is 486 g/mol. The molecule has 0 saturated heterocycles. The molecular formula is C26H36ClN3O6. The van der Waals surface area contributed by atoms with Crippen molar-refractivity contribution in [3.63, 3.8) is 0 Å². The molecule has 2 aromatic rings. The van der Waals surface area contributed by atoms with Crippen LogP contribution in [0.4, 0.5) is 4.79 Å². The van der Waals surface area contributed by atoms with Crippen molar-refractivity contribution in [3.05, 3.63) is 69.1 Å². The highest BCUT2D eigenvalue weighted by Crippen LogP contribution is 2.38. The number of fused-ring (bicyclic) bond motifs is 3. The molecule has 1 aliphatic rings. The van der Waals surface area contributed by atoms with Gasteiger partial charge in [-0.05, 0) is 72.2 Å². The number of carbonyl (C=O) groups is 1. The van der Waals surface area contributed by atoms with Crippen LogP contribution >= 0.6 is 11.6 Å².